The van der Waals surface area contributed by atoms with Gasteiger partial charge in [0.15, 0.2) is 12.4 Å². The Balaban J connectivity index is 2.55. The molecule has 8 atom stereocenters. The molecule has 11 heteroatoms. The van der Waals surface area contributed by atoms with E-state index < -0.39 is 67.4 Å². The van der Waals surface area contributed by atoms with Gasteiger partial charge in [0.2, 0.25) is 5.91 Å². The van der Waals surface area contributed by atoms with Crippen LogP contribution in [0.3, 0.4) is 0 Å². The lowest BCUT2D eigenvalue weighted by Gasteiger charge is -2.41. The molecule has 8 unspecified atom stereocenters. The number of hydrogen-bond acceptors (Lipinski definition) is 10. The lowest BCUT2D eigenvalue weighted by molar-refractivity contribution is -0.305. The van der Waals surface area contributed by atoms with Gasteiger partial charge in [0, 0.05) is 6.42 Å². The van der Waals surface area contributed by atoms with Crippen LogP contribution in [-0.4, -0.2) is 99.6 Å². The highest BCUT2D eigenvalue weighted by Gasteiger charge is 2.47. The van der Waals surface area contributed by atoms with Crippen LogP contribution in [-0.2, 0) is 23.8 Å². The first-order valence-corrected chi connectivity index (χ1v) is 36.8. The lowest BCUT2D eigenvalue weighted by atomic mass is 9.99. The summed E-state index contributed by atoms with van der Waals surface area (Å²) in [5.74, 6) is -1.18. The number of allylic oxidation sites excluding steroid dienone is 5. The van der Waals surface area contributed by atoms with Crippen molar-refractivity contribution in [2.75, 3.05) is 13.2 Å². The fourth-order valence-electron chi connectivity index (χ4n) is 11.7. The Hall–Kier alpha value is -2.12. The molecule has 0 aliphatic carbocycles. The SMILES string of the molecule is CCCCC/C=C\C/C=C\CCCCCCCCCCC(O)C(=O)NC(COC1OC(CO)C(O)C(O)C1OC(=O)CCCCCCCCCCCCCCCCCCCCCCCCCCC)C(O)/C=C/CCCCCCCCCCCCC. The number of amides is 1. The van der Waals surface area contributed by atoms with Gasteiger partial charge < -0.3 is 45.1 Å². The van der Waals surface area contributed by atoms with Crippen molar-refractivity contribution in [3.8, 4) is 0 Å². The summed E-state index contributed by atoms with van der Waals surface area (Å²) in [6.07, 6.45) is 66.2. The van der Waals surface area contributed by atoms with E-state index in [9.17, 15) is 35.1 Å². The zero-order chi connectivity index (χ0) is 61.7. The fourth-order valence-corrected chi connectivity index (χ4v) is 11.7. The monoisotopic (exact) mass is 1200 g/mol. The molecule has 0 bridgehead atoms. The molecule has 11 nitrogen and oxygen atoms in total. The van der Waals surface area contributed by atoms with Crippen molar-refractivity contribution in [2.45, 2.75) is 410 Å². The third kappa shape index (κ3) is 49.4. The molecule has 1 heterocycles. The van der Waals surface area contributed by atoms with Crippen molar-refractivity contribution in [3.63, 3.8) is 0 Å². The van der Waals surface area contributed by atoms with Gasteiger partial charge in [0.25, 0.3) is 0 Å². The quantitative estimate of drug-likeness (QED) is 0.0195. The van der Waals surface area contributed by atoms with Gasteiger partial charge in [-0.2, -0.15) is 0 Å². The molecule has 0 spiro atoms. The van der Waals surface area contributed by atoms with Crippen LogP contribution in [0.15, 0.2) is 36.5 Å². The smallest absolute Gasteiger partial charge is 0.306 e. The van der Waals surface area contributed by atoms with Crippen LogP contribution in [0, 0.1) is 0 Å². The zero-order valence-electron chi connectivity index (χ0n) is 55.8. The molecule has 0 aromatic heterocycles. The standard InChI is InChI=1S/C74H139NO10/c1-4-7-10-13-16-19-22-25-27-29-31-32-33-34-35-36-37-39-41-44-47-50-53-56-59-62-69(79)85-72-71(81)70(80)68(63-76)84-74(72)83-64-65(66(77)60-57-54-51-48-45-42-24-21-18-15-12-9-6-3)75-73(82)67(78)61-58-55-52-49-46-43-40-38-30-28-26-23-20-17-14-11-8-5-2/h17,20,26,28,57,60,65-68,70-72,74,76-78,80-81H,4-16,18-19,21-25,27,29-56,58-59,61-64H2,1-3H3,(H,75,82)/b20-17-,28-26-,60-57+. The maximum Gasteiger partial charge on any atom is 0.306 e. The van der Waals surface area contributed by atoms with Crippen LogP contribution < -0.4 is 5.32 Å². The molecule has 1 rings (SSSR count). The second kappa shape index (κ2) is 62.1. The lowest BCUT2D eigenvalue weighted by Crippen LogP contribution is -2.61. The van der Waals surface area contributed by atoms with Crippen molar-refractivity contribution >= 4 is 11.9 Å². The number of aliphatic hydroxyl groups excluding tert-OH is 5. The Bertz CT molecular complexity index is 1520. The molecule has 1 amide bonds. The van der Waals surface area contributed by atoms with Crippen molar-refractivity contribution < 1.29 is 49.3 Å². The zero-order valence-corrected chi connectivity index (χ0v) is 55.8. The summed E-state index contributed by atoms with van der Waals surface area (Å²) in [5.41, 5.74) is 0. The number of rotatable bonds is 64. The number of aliphatic hydroxyl groups is 5. The molecule has 0 aromatic rings. The van der Waals surface area contributed by atoms with Gasteiger partial charge in [-0.3, -0.25) is 9.59 Å². The molecule has 500 valence electrons. The van der Waals surface area contributed by atoms with Crippen molar-refractivity contribution in [1.82, 2.24) is 5.32 Å². The number of carbonyl (C=O) groups is 2. The van der Waals surface area contributed by atoms with E-state index in [0.717, 1.165) is 70.6 Å². The fraction of sp³-hybridized carbons (Fsp3) is 0.892. The van der Waals surface area contributed by atoms with Gasteiger partial charge >= 0.3 is 5.97 Å². The maximum atomic E-state index is 13.5. The first kappa shape index (κ1) is 80.9. The Morgan fingerprint density at radius 2 is 0.812 bits per heavy atom. The van der Waals surface area contributed by atoms with Gasteiger partial charge in [0.1, 0.15) is 24.4 Å². The van der Waals surface area contributed by atoms with E-state index >= 15 is 0 Å². The number of unbranched alkanes of at least 4 members (excludes halogenated alkanes) is 46. The van der Waals surface area contributed by atoms with Crippen LogP contribution in [0.4, 0.5) is 0 Å². The predicted molar refractivity (Wildman–Crippen MR) is 357 cm³/mol. The molecule has 85 heavy (non-hydrogen) atoms. The average Bonchev–Trinajstić information content (AvgIpc) is 3.21. The summed E-state index contributed by atoms with van der Waals surface area (Å²) >= 11 is 0. The number of ether oxygens (including phenoxy) is 3. The molecule has 0 radical (unpaired) electrons. The third-order valence-electron chi connectivity index (χ3n) is 17.5. The van der Waals surface area contributed by atoms with E-state index in [1.807, 2.05) is 6.08 Å². The number of carbonyl (C=O) groups excluding carboxylic acids is 2. The molecule has 0 aromatic carbocycles. The maximum absolute atomic E-state index is 13.5. The van der Waals surface area contributed by atoms with Crippen molar-refractivity contribution in [1.29, 1.82) is 0 Å². The first-order chi connectivity index (χ1) is 41.7. The Kier molecular flexibility index (Phi) is 59.1. The van der Waals surface area contributed by atoms with Crippen LogP contribution in [0.5, 0.6) is 0 Å². The summed E-state index contributed by atoms with van der Waals surface area (Å²) in [5, 5.41) is 57.3. The van der Waals surface area contributed by atoms with Crippen molar-refractivity contribution in [3.05, 3.63) is 36.5 Å². The second-order valence-electron chi connectivity index (χ2n) is 25.7. The van der Waals surface area contributed by atoms with Crippen LogP contribution in [0.2, 0.25) is 0 Å². The molecule has 1 aliphatic rings. The molecule has 6 N–H and O–H groups in total. The van der Waals surface area contributed by atoms with Gasteiger partial charge in [0.05, 0.1) is 25.4 Å². The Morgan fingerprint density at radius 3 is 1.22 bits per heavy atom. The minimum atomic E-state index is -1.61. The van der Waals surface area contributed by atoms with E-state index in [2.05, 4.69) is 50.4 Å². The largest absolute Gasteiger partial charge is 0.454 e. The van der Waals surface area contributed by atoms with Crippen LogP contribution >= 0.6 is 0 Å². The molecular formula is C74H139NO10. The van der Waals surface area contributed by atoms with Crippen LogP contribution in [0.1, 0.15) is 361 Å². The number of nitrogens with one attached hydrogen (secondary N) is 1. The van der Waals surface area contributed by atoms with Gasteiger partial charge in [-0.05, 0) is 57.8 Å². The molecule has 1 saturated heterocycles. The van der Waals surface area contributed by atoms with Gasteiger partial charge in [-0.25, -0.2) is 0 Å². The normalized spacial score (nSPS) is 18.5. The van der Waals surface area contributed by atoms with Gasteiger partial charge in [-0.1, -0.05) is 333 Å². The molecular weight excluding hydrogens is 1060 g/mol. The van der Waals surface area contributed by atoms with Crippen molar-refractivity contribution in [2.24, 2.45) is 0 Å². The molecule has 1 fully saturated rings. The van der Waals surface area contributed by atoms with E-state index in [1.165, 1.54) is 244 Å². The highest BCUT2D eigenvalue weighted by atomic mass is 16.7. The van der Waals surface area contributed by atoms with E-state index in [-0.39, 0.29) is 19.4 Å². The minimum Gasteiger partial charge on any atom is -0.454 e. The van der Waals surface area contributed by atoms with E-state index in [4.69, 9.17) is 14.2 Å². The Labute approximate surface area is 523 Å². The number of esters is 1. The Morgan fingerprint density at radius 1 is 0.459 bits per heavy atom. The summed E-state index contributed by atoms with van der Waals surface area (Å²) in [4.78, 5) is 26.7. The van der Waals surface area contributed by atoms with E-state index in [1.54, 1.807) is 6.08 Å². The third-order valence-corrected chi connectivity index (χ3v) is 17.5. The van der Waals surface area contributed by atoms with Crippen LogP contribution in [0.25, 0.3) is 0 Å². The second-order valence-corrected chi connectivity index (χ2v) is 25.7. The highest BCUT2D eigenvalue weighted by Crippen LogP contribution is 2.27. The summed E-state index contributed by atoms with van der Waals surface area (Å²) < 4.78 is 17.7. The number of hydrogen-bond donors (Lipinski definition) is 6. The van der Waals surface area contributed by atoms with E-state index in [0.29, 0.717) is 12.8 Å². The summed E-state index contributed by atoms with van der Waals surface area (Å²) in [7, 11) is 0. The average molecular weight is 1200 g/mol. The minimum absolute atomic E-state index is 0.129. The summed E-state index contributed by atoms with van der Waals surface area (Å²) in [6, 6.07) is -1.02. The molecule has 1 aliphatic heterocycles. The van der Waals surface area contributed by atoms with Gasteiger partial charge in [-0.15, -0.1) is 0 Å². The highest BCUT2D eigenvalue weighted by molar-refractivity contribution is 5.80. The predicted octanol–water partition coefficient (Wildman–Crippen LogP) is 19.0. The molecule has 0 saturated carbocycles. The summed E-state index contributed by atoms with van der Waals surface area (Å²) in [6.45, 7) is 5.83. The topological polar surface area (TPSA) is 175 Å². The first-order valence-electron chi connectivity index (χ1n) is 36.8.